The average molecular weight is 337 g/mol. The van der Waals surface area contributed by atoms with Crippen molar-refractivity contribution in [2.45, 2.75) is 18.9 Å². The maximum absolute atomic E-state index is 12.2. The fourth-order valence-corrected chi connectivity index (χ4v) is 3.84. The topological polar surface area (TPSA) is 66.5 Å². The molecule has 0 aromatic heterocycles. The fourth-order valence-electron chi connectivity index (χ4n) is 2.22. The number of nitrogens with zero attached hydrogens (tertiary/aromatic N) is 1. The van der Waals surface area contributed by atoms with Gasteiger partial charge in [-0.2, -0.15) is 4.31 Å². The summed E-state index contributed by atoms with van der Waals surface area (Å²) in [4.78, 5) is 12.2. The van der Waals surface area contributed by atoms with Crippen molar-refractivity contribution in [1.29, 1.82) is 0 Å². The molecule has 1 aliphatic heterocycles. The highest BCUT2D eigenvalue weighted by atomic mass is 35.5. The van der Waals surface area contributed by atoms with Crippen LogP contribution < -0.4 is 5.32 Å². The number of sulfonamides is 1. The number of halogens is 2. The van der Waals surface area contributed by atoms with Gasteiger partial charge in [0.05, 0.1) is 22.0 Å². The van der Waals surface area contributed by atoms with Crippen LogP contribution in [0.1, 0.15) is 12.8 Å². The van der Waals surface area contributed by atoms with Crippen LogP contribution in [0, 0.1) is 0 Å². The minimum atomic E-state index is -3.40. The molecule has 0 saturated carbocycles. The van der Waals surface area contributed by atoms with E-state index in [-0.39, 0.29) is 0 Å². The Morgan fingerprint density at radius 1 is 1.35 bits per heavy atom. The second-order valence-electron chi connectivity index (χ2n) is 4.62. The van der Waals surface area contributed by atoms with E-state index in [1.807, 2.05) is 0 Å². The van der Waals surface area contributed by atoms with Crippen LogP contribution in [-0.4, -0.2) is 37.5 Å². The Bertz CT molecular complexity index is 613. The predicted octanol–water partition coefficient (Wildman–Crippen LogP) is 2.36. The van der Waals surface area contributed by atoms with Gasteiger partial charge >= 0.3 is 0 Å². The van der Waals surface area contributed by atoms with E-state index < -0.39 is 22.0 Å². The molecule has 1 unspecified atom stereocenters. The maximum Gasteiger partial charge on any atom is 0.242 e. The van der Waals surface area contributed by atoms with E-state index in [1.54, 1.807) is 18.2 Å². The number of hydrogen-bond acceptors (Lipinski definition) is 3. The molecule has 110 valence electrons. The third-order valence-corrected chi connectivity index (χ3v) is 5.06. The van der Waals surface area contributed by atoms with Gasteiger partial charge in [0.15, 0.2) is 0 Å². The predicted molar refractivity (Wildman–Crippen MR) is 79.7 cm³/mol. The summed E-state index contributed by atoms with van der Waals surface area (Å²) in [5.41, 5.74) is 0.307. The summed E-state index contributed by atoms with van der Waals surface area (Å²) < 4.78 is 24.5. The molecule has 1 atom stereocenters. The molecule has 1 aromatic carbocycles. The van der Waals surface area contributed by atoms with Gasteiger partial charge in [-0.3, -0.25) is 4.79 Å². The Balaban J connectivity index is 2.20. The van der Waals surface area contributed by atoms with Gasteiger partial charge in [-0.25, -0.2) is 8.42 Å². The summed E-state index contributed by atoms with van der Waals surface area (Å²) in [7, 11) is -3.40. The molecule has 1 aliphatic rings. The van der Waals surface area contributed by atoms with Crippen molar-refractivity contribution in [3.8, 4) is 0 Å². The van der Waals surface area contributed by atoms with Gasteiger partial charge < -0.3 is 5.32 Å². The lowest BCUT2D eigenvalue weighted by Crippen LogP contribution is -2.42. The lowest BCUT2D eigenvalue weighted by atomic mass is 10.2. The van der Waals surface area contributed by atoms with E-state index in [4.69, 9.17) is 23.2 Å². The molecular weight excluding hydrogens is 323 g/mol. The first-order valence-corrected chi connectivity index (χ1v) is 8.63. The Morgan fingerprint density at radius 2 is 1.95 bits per heavy atom. The van der Waals surface area contributed by atoms with Gasteiger partial charge in [0.25, 0.3) is 0 Å². The van der Waals surface area contributed by atoms with Gasteiger partial charge in [0, 0.05) is 6.54 Å². The molecule has 1 fully saturated rings. The largest absolute Gasteiger partial charge is 0.322 e. The first-order valence-electron chi connectivity index (χ1n) is 6.02. The van der Waals surface area contributed by atoms with Crippen LogP contribution in [-0.2, 0) is 14.8 Å². The fraction of sp³-hybridized carbons (Fsp3) is 0.417. The molecule has 20 heavy (non-hydrogen) atoms. The first kappa shape index (κ1) is 15.6. The molecule has 1 aromatic rings. The lowest BCUT2D eigenvalue weighted by molar-refractivity contribution is -0.119. The molecule has 0 aliphatic carbocycles. The van der Waals surface area contributed by atoms with Crippen LogP contribution in [0.2, 0.25) is 10.0 Å². The zero-order chi connectivity index (χ0) is 14.9. The molecular formula is C12H14Cl2N2O3S. The van der Waals surface area contributed by atoms with E-state index >= 15 is 0 Å². The van der Waals surface area contributed by atoms with Gasteiger partial charge in [-0.15, -0.1) is 0 Å². The lowest BCUT2D eigenvalue weighted by Gasteiger charge is -2.21. The Kier molecular flexibility index (Phi) is 4.59. The highest BCUT2D eigenvalue weighted by molar-refractivity contribution is 7.88. The van der Waals surface area contributed by atoms with Gasteiger partial charge in [0.2, 0.25) is 15.9 Å². The molecule has 5 nitrogen and oxygen atoms in total. The van der Waals surface area contributed by atoms with Crippen molar-refractivity contribution in [2.24, 2.45) is 0 Å². The second-order valence-corrected chi connectivity index (χ2v) is 7.37. The molecule has 8 heteroatoms. The maximum atomic E-state index is 12.2. The number of rotatable bonds is 3. The number of nitrogens with one attached hydrogen (secondary N) is 1. The zero-order valence-corrected chi connectivity index (χ0v) is 13.1. The van der Waals surface area contributed by atoms with E-state index in [9.17, 15) is 13.2 Å². The van der Waals surface area contributed by atoms with Gasteiger partial charge in [0.1, 0.15) is 6.04 Å². The summed E-state index contributed by atoms with van der Waals surface area (Å²) in [6, 6.07) is 4.16. The van der Waals surface area contributed by atoms with Crippen molar-refractivity contribution in [1.82, 2.24) is 4.31 Å². The smallest absolute Gasteiger partial charge is 0.242 e. The van der Waals surface area contributed by atoms with Crippen molar-refractivity contribution < 1.29 is 13.2 Å². The average Bonchev–Trinajstić information content (AvgIpc) is 2.82. The molecule has 1 N–H and O–H groups in total. The summed E-state index contributed by atoms with van der Waals surface area (Å²) in [5, 5.41) is 3.24. The monoisotopic (exact) mass is 336 g/mol. The van der Waals surface area contributed by atoms with E-state index in [0.29, 0.717) is 35.1 Å². The van der Waals surface area contributed by atoms with Gasteiger partial charge in [-0.1, -0.05) is 29.3 Å². The minimum Gasteiger partial charge on any atom is -0.322 e. The summed E-state index contributed by atoms with van der Waals surface area (Å²) in [5.74, 6) is -0.414. The molecule has 1 heterocycles. The van der Waals surface area contributed by atoms with Crippen molar-refractivity contribution in [2.75, 3.05) is 18.1 Å². The molecule has 0 bridgehead atoms. The number of amides is 1. The Labute approximate surface area is 127 Å². The normalized spacial score (nSPS) is 20.1. The van der Waals surface area contributed by atoms with Crippen LogP contribution in [0.15, 0.2) is 18.2 Å². The van der Waals surface area contributed by atoms with E-state index in [0.717, 1.165) is 6.26 Å². The number of carbonyl (C=O) groups excluding carboxylic acids is 1. The Hall–Kier alpha value is -0.820. The molecule has 1 saturated heterocycles. The quantitative estimate of drug-likeness (QED) is 0.921. The molecule has 0 spiro atoms. The highest BCUT2D eigenvalue weighted by Crippen LogP contribution is 2.31. The van der Waals surface area contributed by atoms with Crippen LogP contribution in [0.4, 0.5) is 5.69 Å². The van der Waals surface area contributed by atoms with Crippen LogP contribution >= 0.6 is 23.2 Å². The second kappa shape index (κ2) is 5.89. The number of para-hydroxylation sites is 1. The summed E-state index contributed by atoms with van der Waals surface area (Å²) in [6.07, 6.45) is 2.24. The summed E-state index contributed by atoms with van der Waals surface area (Å²) >= 11 is 12.0. The number of carbonyl (C=O) groups is 1. The van der Waals surface area contributed by atoms with Crippen LogP contribution in [0.25, 0.3) is 0 Å². The number of hydrogen-bond donors (Lipinski definition) is 1. The number of benzene rings is 1. The van der Waals surface area contributed by atoms with E-state index in [2.05, 4.69) is 5.32 Å². The third-order valence-electron chi connectivity index (χ3n) is 3.14. The van der Waals surface area contributed by atoms with Crippen molar-refractivity contribution >= 4 is 44.8 Å². The van der Waals surface area contributed by atoms with Crippen molar-refractivity contribution in [3.63, 3.8) is 0 Å². The highest BCUT2D eigenvalue weighted by Gasteiger charge is 2.36. The molecule has 2 rings (SSSR count). The van der Waals surface area contributed by atoms with Gasteiger partial charge in [-0.05, 0) is 25.0 Å². The first-order chi connectivity index (χ1) is 9.30. The SMILES string of the molecule is CS(=O)(=O)N1CCCC1C(=O)Nc1c(Cl)cccc1Cl. The minimum absolute atomic E-state index is 0.307. The molecule has 0 radical (unpaired) electrons. The summed E-state index contributed by atoms with van der Waals surface area (Å²) in [6.45, 7) is 0.354. The Morgan fingerprint density at radius 3 is 2.50 bits per heavy atom. The standard InChI is InChI=1S/C12H14Cl2N2O3S/c1-20(18,19)16-7-3-6-10(16)12(17)15-11-8(13)4-2-5-9(11)14/h2,4-5,10H,3,6-7H2,1H3,(H,15,17). The number of anilines is 1. The third kappa shape index (κ3) is 3.25. The zero-order valence-electron chi connectivity index (χ0n) is 10.8. The van der Waals surface area contributed by atoms with Crippen LogP contribution in [0.3, 0.4) is 0 Å². The molecule has 1 amide bonds. The van der Waals surface area contributed by atoms with E-state index in [1.165, 1.54) is 4.31 Å². The van der Waals surface area contributed by atoms with Crippen LogP contribution in [0.5, 0.6) is 0 Å². The van der Waals surface area contributed by atoms with Crippen molar-refractivity contribution in [3.05, 3.63) is 28.2 Å².